The van der Waals surface area contributed by atoms with Crippen LogP contribution in [0, 0.1) is 12.7 Å². The van der Waals surface area contributed by atoms with Gasteiger partial charge in [0.05, 0.1) is 0 Å². The Balaban J connectivity index is 2.34. The number of nitrogens with zero attached hydrogens (tertiary/aromatic N) is 2. The number of benzene rings is 1. The van der Waals surface area contributed by atoms with Gasteiger partial charge in [-0.3, -0.25) is 0 Å². The molecule has 1 aromatic heterocycles. The minimum atomic E-state index is -0.424. The minimum absolute atomic E-state index is 0.251. The monoisotopic (exact) mass is 251 g/mol. The first-order valence-electron chi connectivity index (χ1n) is 5.48. The van der Waals surface area contributed by atoms with Crippen LogP contribution in [0.25, 0.3) is 11.4 Å². The fourth-order valence-electron chi connectivity index (χ4n) is 1.65. The van der Waals surface area contributed by atoms with Gasteiger partial charge in [-0.05, 0) is 30.7 Å². The molecule has 1 unspecified atom stereocenters. The SMILES string of the molecule is COC(CN)c1nc(-c2ccc(F)cc2C)no1. The van der Waals surface area contributed by atoms with E-state index < -0.39 is 6.10 Å². The fourth-order valence-corrected chi connectivity index (χ4v) is 1.65. The summed E-state index contributed by atoms with van der Waals surface area (Å²) in [5.41, 5.74) is 6.97. The molecule has 96 valence electrons. The molecular weight excluding hydrogens is 237 g/mol. The summed E-state index contributed by atoms with van der Waals surface area (Å²) in [6.45, 7) is 2.03. The normalized spacial score (nSPS) is 12.7. The molecule has 2 aromatic rings. The van der Waals surface area contributed by atoms with Crippen molar-refractivity contribution in [1.29, 1.82) is 0 Å². The van der Waals surface area contributed by atoms with Crippen molar-refractivity contribution >= 4 is 0 Å². The molecule has 0 saturated heterocycles. The number of rotatable bonds is 4. The second kappa shape index (κ2) is 5.24. The van der Waals surface area contributed by atoms with Gasteiger partial charge in [0.2, 0.25) is 5.82 Å². The standard InChI is InChI=1S/C12H14FN3O2/c1-7-5-8(13)3-4-9(7)11-15-12(18-16-11)10(6-14)17-2/h3-5,10H,6,14H2,1-2H3. The van der Waals surface area contributed by atoms with E-state index in [9.17, 15) is 4.39 Å². The summed E-state index contributed by atoms with van der Waals surface area (Å²) in [6, 6.07) is 4.39. The van der Waals surface area contributed by atoms with Crippen LogP contribution in [-0.4, -0.2) is 23.8 Å². The van der Waals surface area contributed by atoms with Crippen LogP contribution >= 0.6 is 0 Å². The summed E-state index contributed by atoms with van der Waals surface area (Å²) >= 11 is 0. The van der Waals surface area contributed by atoms with Gasteiger partial charge in [0, 0.05) is 19.2 Å². The van der Waals surface area contributed by atoms with Crippen molar-refractivity contribution in [3.05, 3.63) is 35.5 Å². The molecule has 0 amide bonds. The summed E-state index contributed by atoms with van der Waals surface area (Å²) in [6.07, 6.45) is -0.424. The Bertz CT molecular complexity index is 538. The van der Waals surface area contributed by atoms with E-state index in [1.54, 1.807) is 13.0 Å². The summed E-state index contributed by atoms with van der Waals surface area (Å²) in [5.74, 6) is 0.424. The van der Waals surface area contributed by atoms with Crippen LogP contribution in [0.1, 0.15) is 17.6 Å². The van der Waals surface area contributed by atoms with Gasteiger partial charge in [-0.15, -0.1) is 0 Å². The Hall–Kier alpha value is -1.79. The lowest BCUT2D eigenvalue weighted by atomic mass is 10.1. The van der Waals surface area contributed by atoms with E-state index in [2.05, 4.69) is 10.1 Å². The quantitative estimate of drug-likeness (QED) is 0.897. The molecule has 0 radical (unpaired) electrons. The molecule has 0 bridgehead atoms. The molecular formula is C12H14FN3O2. The van der Waals surface area contributed by atoms with E-state index in [-0.39, 0.29) is 12.4 Å². The summed E-state index contributed by atoms with van der Waals surface area (Å²) in [7, 11) is 1.52. The maximum absolute atomic E-state index is 13.0. The second-order valence-electron chi connectivity index (χ2n) is 3.88. The van der Waals surface area contributed by atoms with Crippen molar-refractivity contribution < 1.29 is 13.7 Å². The highest BCUT2D eigenvalue weighted by atomic mass is 19.1. The molecule has 18 heavy (non-hydrogen) atoms. The maximum atomic E-state index is 13.0. The molecule has 0 aliphatic rings. The maximum Gasteiger partial charge on any atom is 0.257 e. The van der Waals surface area contributed by atoms with Crippen molar-refractivity contribution in [3.8, 4) is 11.4 Å². The van der Waals surface area contributed by atoms with E-state index in [0.717, 1.165) is 11.1 Å². The first-order chi connectivity index (χ1) is 8.65. The van der Waals surface area contributed by atoms with Gasteiger partial charge in [-0.25, -0.2) is 4.39 Å². The molecule has 0 aliphatic carbocycles. The number of aromatic nitrogens is 2. The lowest BCUT2D eigenvalue weighted by Crippen LogP contribution is -2.14. The van der Waals surface area contributed by atoms with E-state index in [1.807, 2.05) is 0 Å². The average Bonchev–Trinajstić information content (AvgIpc) is 2.80. The molecule has 2 N–H and O–H groups in total. The Labute approximate surface area is 104 Å². The van der Waals surface area contributed by atoms with Gasteiger partial charge in [0.1, 0.15) is 11.9 Å². The number of methoxy groups -OCH3 is 1. The van der Waals surface area contributed by atoms with Crippen LogP contribution in [0.2, 0.25) is 0 Å². The zero-order chi connectivity index (χ0) is 13.1. The van der Waals surface area contributed by atoms with Gasteiger partial charge in [-0.2, -0.15) is 4.98 Å². The zero-order valence-electron chi connectivity index (χ0n) is 10.2. The number of ether oxygens (including phenoxy) is 1. The first-order valence-corrected chi connectivity index (χ1v) is 5.48. The number of aryl methyl sites for hydroxylation is 1. The predicted octanol–water partition coefficient (Wildman–Crippen LogP) is 1.83. The molecule has 2 rings (SSSR count). The third-order valence-electron chi connectivity index (χ3n) is 2.65. The molecule has 1 aromatic carbocycles. The van der Waals surface area contributed by atoms with Gasteiger partial charge in [0.15, 0.2) is 0 Å². The first kappa shape index (κ1) is 12.7. The van der Waals surface area contributed by atoms with E-state index in [4.69, 9.17) is 15.0 Å². The number of hydrogen-bond acceptors (Lipinski definition) is 5. The summed E-state index contributed by atoms with van der Waals surface area (Å²) in [5, 5.41) is 3.85. The zero-order valence-corrected chi connectivity index (χ0v) is 10.2. The molecule has 0 aliphatic heterocycles. The molecule has 5 nitrogen and oxygen atoms in total. The molecule has 0 fully saturated rings. The van der Waals surface area contributed by atoms with E-state index in [1.165, 1.54) is 19.2 Å². The van der Waals surface area contributed by atoms with Gasteiger partial charge in [-0.1, -0.05) is 5.16 Å². The highest BCUT2D eigenvalue weighted by Crippen LogP contribution is 2.23. The van der Waals surface area contributed by atoms with Crippen LogP contribution in [0.5, 0.6) is 0 Å². The number of hydrogen-bond donors (Lipinski definition) is 1. The van der Waals surface area contributed by atoms with Crippen molar-refractivity contribution in [2.75, 3.05) is 13.7 Å². The number of halogens is 1. The van der Waals surface area contributed by atoms with Crippen LogP contribution in [0.15, 0.2) is 22.7 Å². The highest BCUT2D eigenvalue weighted by Gasteiger charge is 2.18. The predicted molar refractivity (Wildman–Crippen MR) is 63.2 cm³/mol. The molecule has 1 atom stereocenters. The molecule has 0 spiro atoms. The average molecular weight is 251 g/mol. The lowest BCUT2D eigenvalue weighted by Gasteiger charge is -2.05. The Morgan fingerprint density at radius 3 is 2.89 bits per heavy atom. The van der Waals surface area contributed by atoms with Gasteiger partial charge in [0.25, 0.3) is 5.89 Å². The largest absolute Gasteiger partial charge is 0.370 e. The van der Waals surface area contributed by atoms with Crippen molar-refractivity contribution in [2.24, 2.45) is 5.73 Å². The molecule has 6 heteroatoms. The van der Waals surface area contributed by atoms with E-state index >= 15 is 0 Å². The van der Waals surface area contributed by atoms with Crippen LogP contribution in [-0.2, 0) is 4.74 Å². The smallest absolute Gasteiger partial charge is 0.257 e. The molecule has 1 heterocycles. The Morgan fingerprint density at radius 2 is 2.28 bits per heavy atom. The van der Waals surface area contributed by atoms with Crippen molar-refractivity contribution in [1.82, 2.24) is 10.1 Å². The molecule has 0 saturated carbocycles. The summed E-state index contributed by atoms with van der Waals surface area (Å²) in [4.78, 5) is 4.21. The third kappa shape index (κ3) is 2.39. The Morgan fingerprint density at radius 1 is 1.50 bits per heavy atom. The second-order valence-corrected chi connectivity index (χ2v) is 3.88. The van der Waals surface area contributed by atoms with Crippen LogP contribution in [0.4, 0.5) is 4.39 Å². The van der Waals surface area contributed by atoms with Crippen molar-refractivity contribution in [3.63, 3.8) is 0 Å². The fraction of sp³-hybridized carbons (Fsp3) is 0.333. The van der Waals surface area contributed by atoms with Crippen LogP contribution in [0.3, 0.4) is 0 Å². The topological polar surface area (TPSA) is 74.2 Å². The third-order valence-corrected chi connectivity index (χ3v) is 2.65. The highest BCUT2D eigenvalue weighted by molar-refractivity contribution is 5.59. The minimum Gasteiger partial charge on any atom is -0.370 e. The Kier molecular flexibility index (Phi) is 3.69. The number of nitrogens with two attached hydrogens (primary N) is 1. The van der Waals surface area contributed by atoms with E-state index in [0.29, 0.717) is 11.7 Å². The van der Waals surface area contributed by atoms with Gasteiger partial charge >= 0.3 is 0 Å². The van der Waals surface area contributed by atoms with Crippen LogP contribution < -0.4 is 5.73 Å². The van der Waals surface area contributed by atoms with Crippen molar-refractivity contribution in [2.45, 2.75) is 13.0 Å². The van der Waals surface area contributed by atoms with Gasteiger partial charge < -0.3 is 15.0 Å². The summed E-state index contributed by atoms with van der Waals surface area (Å²) < 4.78 is 23.2. The lowest BCUT2D eigenvalue weighted by molar-refractivity contribution is 0.0804.